The molecule has 6 nitrogen and oxygen atoms in total. The Labute approximate surface area is 164 Å². The smallest absolute Gasteiger partial charge is 0.253 e. The van der Waals surface area contributed by atoms with E-state index in [9.17, 15) is 9.59 Å². The van der Waals surface area contributed by atoms with Gasteiger partial charge in [0.15, 0.2) is 0 Å². The van der Waals surface area contributed by atoms with Crippen molar-refractivity contribution < 1.29 is 9.59 Å². The van der Waals surface area contributed by atoms with Gasteiger partial charge in [0.25, 0.3) is 5.91 Å². The monoisotopic (exact) mass is 388 g/mol. The van der Waals surface area contributed by atoms with Gasteiger partial charge in [-0.15, -0.1) is 0 Å². The fraction of sp³-hybridized carbons (Fsp3) is 0.450. The van der Waals surface area contributed by atoms with Crippen LogP contribution in [0.5, 0.6) is 0 Å². The molecule has 1 aromatic heterocycles. The quantitative estimate of drug-likeness (QED) is 0.764. The summed E-state index contributed by atoms with van der Waals surface area (Å²) in [6, 6.07) is 9.51. The molecule has 2 aromatic rings. The molecule has 2 heterocycles. The second kappa shape index (κ2) is 9.04. The van der Waals surface area contributed by atoms with Gasteiger partial charge in [0.1, 0.15) is 6.54 Å². The minimum absolute atomic E-state index is 0.0458. The molecule has 3 rings (SSSR count). The predicted octanol–water partition coefficient (Wildman–Crippen LogP) is 3.08. The summed E-state index contributed by atoms with van der Waals surface area (Å²) in [7, 11) is 0. The lowest BCUT2D eigenvalue weighted by Crippen LogP contribution is -2.49. The number of nitrogens with zero attached hydrogens (tertiary/aromatic N) is 4. The van der Waals surface area contributed by atoms with Crippen molar-refractivity contribution in [2.75, 3.05) is 19.6 Å². The molecule has 0 N–H and O–H groups in total. The Morgan fingerprint density at radius 1 is 1.22 bits per heavy atom. The highest BCUT2D eigenvalue weighted by molar-refractivity contribution is 6.30. The highest BCUT2D eigenvalue weighted by Crippen LogP contribution is 2.20. The lowest BCUT2D eigenvalue weighted by atomic mass is 10.0. The Bertz CT molecular complexity index is 769. The van der Waals surface area contributed by atoms with E-state index >= 15 is 0 Å². The molecule has 0 saturated carbocycles. The van der Waals surface area contributed by atoms with Gasteiger partial charge in [0, 0.05) is 37.4 Å². The molecule has 2 amide bonds. The largest absolute Gasteiger partial charge is 0.338 e. The van der Waals surface area contributed by atoms with E-state index < -0.39 is 0 Å². The zero-order valence-corrected chi connectivity index (χ0v) is 16.3. The van der Waals surface area contributed by atoms with E-state index in [1.54, 1.807) is 10.9 Å². The summed E-state index contributed by atoms with van der Waals surface area (Å²) in [5.41, 5.74) is 0.716. The molecule has 1 fully saturated rings. The lowest BCUT2D eigenvalue weighted by Gasteiger charge is -2.38. The molecule has 1 aliphatic rings. The zero-order valence-electron chi connectivity index (χ0n) is 15.6. The van der Waals surface area contributed by atoms with Gasteiger partial charge in [0.2, 0.25) is 5.91 Å². The Balaban J connectivity index is 1.59. The Kier molecular flexibility index (Phi) is 6.50. The van der Waals surface area contributed by atoms with Crippen molar-refractivity contribution >= 4 is 23.4 Å². The second-order valence-corrected chi connectivity index (χ2v) is 7.27. The van der Waals surface area contributed by atoms with Gasteiger partial charge in [-0.1, -0.05) is 36.7 Å². The third-order valence-corrected chi connectivity index (χ3v) is 5.09. The van der Waals surface area contributed by atoms with Crippen LogP contribution in [0.3, 0.4) is 0 Å². The van der Waals surface area contributed by atoms with Gasteiger partial charge in [-0.25, -0.2) is 0 Å². The summed E-state index contributed by atoms with van der Waals surface area (Å²) in [6.07, 6.45) is 5.68. The van der Waals surface area contributed by atoms with Crippen LogP contribution in [0.15, 0.2) is 42.7 Å². The predicted molar refractivity (Wildman–Crippen MR) is 105 cm³/mol. The maximum atomic E-state index is 12.8. The van der Waals surface area contributed by atoms with Gasteiger partial charge < -0.3 is 9.80 Å². The van der Waals surface area contributed by atoms with E-state index in [0.717, 1.165) is 19.3 Å². The number of halogens is 1. The summed E-state index contributed by atoms with van der Waals surface area (Å²) in [6.45, 7) is 4.30. The Morgan fingerprint density at radius 3 is 2.52 bits per heavy atom. The normalized spacial score (nSPS) is 15.0. The second-order valence-electron chi connectivity index (χ2n) is 6.83. The third kappa shape index (κ3) is 4.89. The Morgan fingerprint density at radius 2 is 1.93 bits per heavy atom. The minimum Gasteiger partial charge on any atom is -0.338 e. The Hall–Kier alpha value is -2.34. The summed E-state index contributed by atoms with van der Waals surface area (Å²) in [5, 5.41) is 4.62. The first-order valence-corrected chi connectivity index (χ1v) is 9.78. The number of carbonyl (C=O) groups is 2. The number of rotatable bonds is 6. The standard InChI is InChI=1S/C20H25ClN4O2/c1-2-10-25(19(26)15-24-14-17(21)13-22-24)18-8-11-23(12-9-18)20(27)16-6-4-3-5-7-16/h3-7,13-14,18H,2,8-12,15H2,1H3. The van der Waals surface area contributed by atoms with E-state index in [4.69, 9.17) is 11.6 Å². The fourth-order valence-corrected chi connectivity index (χ4v) is 3.71. The molecule has 1 saturated heterocycles. The SMILES string of the molecule is CCCN(C(=O)Cn1cc(Cl)cn1)C1CCN(C(=O)c2ccccc2)CC1. The van der Waals surface area contributed by atoms with E-state index in [-0.39, 0.29) is 24.4 Å². The van der Waals surface area contributed by atoms with Crippen LogP contribution in [-0.4, -0.2) is 57.1 Å². The summed E-state index contributed by atoms with van der Waals surface area (Å²) in [4.78, 5) is 29.2. The van der Waals surface area contributed by atoms with Crippen molar-refractivity contribution in [3.8, 4) is 0 Å². The van der Waals surface area contributed by atoms with E-state index in [2.05, 4.69) is 12.0 Å². The first-order chi connectivity index (χ1) is 13.1. The molecule has 0 bridgehead atoms. The van der Waals surface area contributed by atoms with Crippen molar-refractivity contribution in [3.63, 3.8) is 0 Å². The number of likely N-dealkylation sites (tertiary alicyclic amines) is 1. The van der Waals surface area contributed by atoms with Crippen LogP contribution in [0.25, 0.3) is 0 Å². The van der Waals surface area contributed by atoms with Crippen molar-refractivity contribution in [1.82, 2.24) is 19.6 Å². The molecule has 0 atom stereocenters. The number of carbonyl (C=O) groups excluding carboxylic acids is 2. The highest BCUT2D eigenvalue weighted by Gasteiger charge is 2.29. The number of hydrogen-bond acceptors (Lipinski definition) is 3. The average molecular weight is 389 g/mol. The molecular weight excluding hydrogens is 364 g/mol. The molecule has 0 unspecified atom stereocenters. The lowest BCUT2D eigenvalue weighted by molar-refractivity contribution is -0.135. The molecule has 0 radical (unpaired) electrons. The maximum absolute atomic E-state index is 12.8. The maximum Gasteiger partial charge on any atom is 0.253 e. The van der Waals surface area contributed by atoms with Gasteiger partial charge in [0.05, 0.1) is 11.2 Å². The van der Waals surface area contributed by atoms with Crippen LogP contribution in [0, 0.1) is 0 Å². The van der Waals surface area contributed by atoms with Crippen molar-refractivity contribution in [2.24, 2.45) is 0 Å². The average Bonchev–Trinajstić information content (AvgIpc) is 3.11. The van der Waals surface area contributed by atoms with Crippen molar-refractivity contribution in [3.05, 3.63) is 53.3 Å². The third-order valence-electron chi connectivity index (χ3n) is 4.90. The number of amides is 2. The van der Waals surface area contributed by atoms with Crippen LogP contribution in [-0.2, 0) is 11.3 Å². The molecule has 7 heteroatoms. The van der Waals surface area contributed by atoms with Crippen LogP contribution in [0.1, 0.15) is 36.5 Å². The molecule has 0 aliphatic carbocycles. The van der Waals surface area contributed by atoms with Gasteiger partial charge >= 0.3 is 0 Å². The van der Waals surface area contributed by atoms with Gasteiger partial charge in [-0.3, -0.25) is 14.3 Å². The van der Waals surface area contributed by atoms with E-state index in [1.807, 2.05) is 40.1 Å². The van der Waals surface area contributed by atoms with Crippen molar-refractivity contribution in [1.29, 1.82) is 0 Å². The summed E-state index contributed by atoms with van der Waals surface area (Å²) >= 11 is 5.88. The molecule has 1 aliphatic heterocycles. The number of benzene rings is 1. The number of aromatic nitrogens is 2. The first-order valence-electron chi connectivity index (χ1n) is 9.40. The molecular formula is C20H25ClN4O2. The summed E-state index contributed by atoms with van der Waals surface area (Å²) in [5.74, 6) is 0.109. The minimum atomic E-state index is 0.0458. The number of piperidine rings is 1. The fourth-order valence-electron chi connectivity index (χ4n) is 3.55. The van der Waals surface area contributed by atoms with E-state index in [0.29, 0.717) is 30.2 Å². The highest BCUT2D eigenvalue weighted by atomic mass is 35.5. The van der Waals surface area contributed by atoms with Crippen LogP contribution in [0.4, 0.5) is 0 Å². The van der Waals surface area contributed by atoms with E-state index in [1.165, 1.54) is 6.20 Å². The molecule has 144 valence electrons. The first kappa shape index (κ1) is 19.4. The zero-order chi connectivity index (χ0) is 19.2. The molecule has 1 aromatic carbocycles. The number of hydrogen-bond donors (Lipinski definition) is 0. The van der Waals surface area contributed by atoms with Crippen LogP contribution < -0.4 is 0 Å². The molecule has 0 spiro atoms. The molecule has 27 heavy (non-hydrogen) atoms. The van der Waals surface area contributed by atoms with Gasteiger partial charge in [-0.05, 0) is 31.4 Å². The van der Waals surface area contributed by atoms with Crippen LogP contribution >= 0.6 is 11.6 Å². The summed E-state index contributed by atoms with van der Waals surface area (Å²) < 4.78 is 1.57. The van der Waals surface area contributed by atoms with Crippen molar-refractivity contribution in [2.45, 2.75) is 38.8 Å². The van der Waals surface area contributed by atoms with Gasteiger partial charge in [-0.2, -0.15) is 5.10 Å². The topological polar surface area (TPSA) is 58.4 Å². The van der Waals surface area contributed by atoms with Crippen LogP contribution in [0.2, 0.25) is 5.02 Å².